The maximum Gasteiger partial charge on any atom is 0.418 e. The van der Waals surface area contributed by atoms with Gasteiger partial charge in [0.15, 0.2) is 6.10 Å². The van der Waals surface area contributed by atoms with E-state index in [2.05, 4.69) is 5.32 Å². The molecule has 136 valence electrons. The molecule has 0 aromatic heterocycles. The zero-order chi connectivity index (χ0) is 19.2. The summed E-state index contributed by atoms with van der Waals surface area (Å²) in [5, 5.41) is 2.14. The van der Waals surface area contributed by atoms with Crippen molar-refractivity contribution in [3.05, 3.63) is 71.8 Å². The molecule has 2 aromatic rings. The van der Waals surface area contributed by atoms with Crippen molar-refractivity contribution in [3.63, 3.8) is 0 Å². The third kappa shape index (κ3) is 5.47. The number of hydrogen-bond acceptors (Lipinski definition) is 3. The first-order chi connectivity index (χ1) is 12.3. The van der Waals surface area contributed by atoms with Gasteiger partial charge in [-0.05, 0) is 30.7 Å². The number of rotatable bonds is 5. The van der Waals surface area contributed by atoms with Crippen LogP contribution in [0, 0.1) is 0 Å². The lowest BCUT2D eigenvalue weighted by Crippen LogP contribution is -2.30. The number of amides is 1. The summed E-state index contributed by atoms with van der Waals surface area (Å²) in [5.74, 6) is -1.64. The zero-order valence-corrected chi connectivity index (χ0v) is 13.8. The van der Waals surface area contributed by atoms with Gasteiger partial charge in [0.1, 0.15) is 0 Å². The van der Waals surface area contributed by atoms with Crippen LogP contribution in [0.25, 0.3) is 6.08 Å². The average molecular weight is 363 g/mol. The molecule has 2 rings (SSSR count). The van der Waals surface area contributed by atoms with Crippen LogP contribution in [-0.2, 0) is 20.5 Å². The molecule has 0 spiro atoms. The Morgan fingerprint density at radius 3 is 2.31 bits per heavy atom. The summed E-state index contributed by atoms with van der Waals surface area (Å²) in [4.78, 5) is 23.8. The quantitative estimate of drug-likeness (QED) is 0.637. The third-order valence-electron chi connectivity index (χ3n) is 3.36. The first kappa shape index (κ1) is 19.2. The number of halogens is 3. The van der Waals surface area contributed by atoms with Crippen LogP contribution < -0.4 is 5.32 Å². The summed E-state index contributed by atoms with van der Waals surface area (Å²) >= 11 is 0. The summed E-state index contributed by atoms with van der Waals surface area (Å²) in [6.07, 6.45) is -3.22. The highest BCUT2D eigenvalue weighted by Crippen LogP contribution is 2.34. The minimum Gasteiger partial charge on any atom is -0.449 e. The molecule has 1 amide bonds. The molecule has 0 radical (unpaired) electrons. The number of carbonyl (C=O) groups excluding carboxylic acids is 2. The SMILES string of the molecule is CC(OC(=O)C=Cc1ccccc1)C(=O)Nc1ccccc1C(F)(F)F. The van der Waals surface area contributed by atoms with E-state index in [4.69, 9.17) is 4.74 Å². The van der Waals surface area contributed by atoms with Crippen molar-refractivity contribution in [2.24, 2.45) is 0 Å². The van der Waals surface area contributed by atoms with Crippen LogP contribution in [0.3, 0.4) is 0 Å². The minimum absolute atomic E-state index is 0.396. The lowest BCUT2D eigenvalue weighted by molar-refractivity contribution is -0.148. The van der Waals surface area contributed by atoms with Crippen LogP contribution >= 0.6 is 0 Å². The molecule has 0 aliphatic carbocycles. The van der Waals surface area contributed by atoms with Crippen molar-refractivity contribution in [1.29, 1.82) is 0 Å². The second kappa shape index (κ2) is 8.33. The molecule has 0 bridgehead atoms. The number of anilines is 1. The van der Waals surface area contributed by atoms with Crippen molar-refractivity contribution in [2.75, 3.05) is 5.32 Å². The highest BCUT2D eigenvalue weighted by molar-refractivity contribution is 5.97. The molecule has 0 aliphatic heterocycles. The van der Waals surface area contributed by atoms with E-state index in [0.29, 0.717) is 0 Å². The number of hydrogen-bond donors (Lipinski definition) is 1. The highest BCUT2D eigenvalue weighted by atomic mass is 19.4. The first-order valence-corrected chi connectivity index (χ1v) is 7.68. The molecule has 7 heteroatoms. The lowest BCUT2D eigenvalue weighted by atomic mass is 10.1. The monoisotopic (exact) mass is 363 g/mol. The van der Waals surface area contributed by atoms with Crippen molar-refractivity contribution < 1.29 is 27.5 Å². The van der Waals surface area contributed by atoms with Gasteiger partial charge in [-0.25, -0.2) is 4.79 Å². The van der Waals surface area contributed by atoms with Gasteiger partial charge in [0.2, 0.25) is 0 Å². The van der Waals surface area contributed by atoms with Gasteiger partial charge in [0, 0.05) is 6.08 Å². The average Bonchev–Trinajstić information content (AvgIpc) is 2.60. The molecule has 4 nitrogen and oxygen atoms in total. The molecule has 0 aliphatic rings. The fraction of sp³-hybridized carbons (Fsp3) is 0.158. The largest absolute Gasteiger partial charge is 0.449 e. The predicted octanol–water partition coefficient (Wildman–Crippen LogP) is 4.29. The molecular formula is C19H16F3NO3. The Balaban J connectivity index is 1.98. The molecule has 26 heavy (non-hydrogen) atoms. The van der Waals surface area contributed by atoms with E-state index in [-0.39, 0.29) is 0 Å². The van der Waals surface area contributed by atoms with Gasteiger partial charge < -0.3 is 10.1 Å². The smallest absolute Gasteiger partial charge is 0.418 e. The Kier molecular flexibility index (Phi) is 6.16. The van der Waals surface area contributed by atoms with Crippen LogP contribution in [0.1, 0.15) is 18.1 Å². The maximum absolute atomic E-state index is 12.9. The molecule has 0 fully saturated rings. The number of ether oxygens (including phenoxy) is 1. The topological polar surface area (TPSA) is 55.4 Å². The highest BCUT2D eigenvalue weighted by Gasteiger charge is 2.34. The molecule has 2 aromatic carbocycles. The van der Waals surface area contributed by atoms with Crippen LogP contribution in [0.5, 0.6) is 0 Å². The van der Waals surface area contributed by atoms with Crippen molar-refractivity contribution in [3.8, 4) is 0 Å². The van der Waals surface area contributed by atoms with Crippen LogP contribution in [-0.4, -0.2) is 18.0 Å². The number of benzene rings is 2. The van der Waals surface area contributed by atoms with E-state index < -0.39 is 35.4 Å². The van der Waals surface area contributed by atoms with E-state index in [0.717, 1.165) is 23.8 Å². The second-order valence-corrected chi connectivity index (χ2v) is 5.36. The van der Waals surface area contributed by atoms with E-state index >= 15 is 0 Å². The van der Waals surface area contributed by atoms with Gasteiger partial charge in [-0.2, -0.15) is 13.2 Å². The van der Waals surface area contributed by atoms with E-state index in [1.54, 1.807) is 24.3 Å². The van der Waals surface area contributed by atoms with E-state index in [1.165, 1.54) is 25.1 Å². The Hall–Kier alpha value is -3.09. The zero-order valence-electron chi connectivity index (χ0n) is 13.8. The van der Waals surface area contributed by atoms with E-state index in [9.17, 15) is 22.8 Å². The van der Waals surface area contributed by atoms with Crippen molar-refractivity contribution >= 4 is 23.6 Å². The summed E-state index contributed by atoms with van der Waals surface area (Å²) in [6.45, 7) is 1.28. The minimum atomic E-state index is -4.61. The number of alkyl halides is 3. The Morgan fingerprint density at radius 2 is 1.65 bits per heavy atom. The van der Waals surface area contributed by atoms with Crippen molar-refractivity contribution in [2.45, 2.75) is 19.2 Å². The lowest BCUT2D eigenvalue weighted by Gasteiger charge is -2.16. The third-order valence-corrected chi connectivity index (χ3v) is 3.36. The Labute approximate surface area is 148 Å². The van der Waals surface area contributed by atoms with Gasteiger partial charge >= 0.3 is 12.1 Å². The van der Waals surface area contributed by atoms with Crippen molar-refractivity contribution in [1.82, 2.24) is 0 Å². The van der Waals surface area contributed by atoms with Crippen LogP contribution in [0.15, 0.2) is 60.7 Å². The summed E-state index contributed by atoms with van der Waals surface area (Å²) in [5.41, 5.74) is -0.607. The van der Waals surface area contributed by atoms with Gasteiger partial charge in [-0.1, -0.05) is 42.5 Å². The Morgan fingerprint density at radius 1 is 1.04 bits per heavy atom. The molecule has 1 N–H and O–H groups in total. The molecule has 1 atom stereocenters. The normalized spacial score (nSPS) is 12.6. The number of nitrogens with one attached hydrogen (secondary N) is 1. The summed E-state index contributed by atoms with van der Waals surface area (Å²) < 4.78 is 43.7. The maximum atomic E-state index is 12.9. The molecule has 0 saturated carbocycles. The Bertz CT molecular complexity index is 801. The van der Waals surface area contributed by atoms with Crippen LogP contribution in [0.4, 0.5) is 18.9 Å². The predicted molar refractivity (Wildman–Crippen MR) is 91.1 cm³/mol. The van der Waals surface area contributed by atoms with Gasteiger partial charge in [-0.3, -0.25) is 4.79 Å². The number of para-hydroxylation sites is 1. The van der Waals surface area contributed by atoms with Gasteiger partial charge in [0.05, 0.1) is 11.3 Å². The van der Waals surface area contributed by atoms with Crippen LogP contribution in [0.2, 0.25) is 0 Å². The number of carbonyl (C=O) groups is 2. The van der Waals surface area contributed by atoms with E-state index in [1.807, 2.05) is 6.07 Å². The summed E-state index contributed by atoms with van der Waals surface area (Å²) in [6, 6.07) is 13.5. The molecular weight excluding hydrogens is 347 g/mol. The van der Waals surface area contributed by atoms with Gasteiger partial charge in [-0.15, -0.1) is 0 Å². The number of esters is 1. The first-order valence-electron chi connectivity index (χ1n) is 7.68. The molecule has 0 heterocycles. The fourth-order valence-corrected chi connectivity index (χ4v) is 2.07. The standard InChI is InChI=1S/C19H16F3NO3/c1-13(26-17(24)12-11-14-7-3-2-4-8-14)18(25)23-16-10-6-5-9-15(16)19(20,21)22/h2-13H,1H3,(H,23,25). The summed E-state index contributed by atoms with van der Waals surface area (Å²) in [7, 11) is 0. The van der Waals surface area contributed by atoms with Gasteiger partial charge in [0.25, 0.3) is 5.91 Å². The fourth-order valence-electron chi connectivity index (χ4n) is 2.07. The second-order valence-electron chi connectivity index (χ2n) is 5.36. The molecule has 1 unspecified atom stereocenters. The molecule has 0 saturated heterocycles.